The molecule has 0 saturated carbocycles. The smallest absolute Gasteiger partial charge is 0.300 e. The Bertz CT molecular complexity index is 442. The van der Waals surface area contributed by atoms with E-state index in [-0.39, 0.29) is 4.87 Å². The Morgan fingerprint density at radius 1 is 1.18 bits per heavy atom. The van der Waals surface area contributed by atoms with Gasteiger partial charge in [-0.25, -0.2) is 0 Å². The lowest BCUT2D eigenvalue weighted by Gasteiger charge is -2.18. The molecule has 1 aromatic heterocycles. The normalized spacial score (nSPS) is 20.7. The van der Waals surface area contributed by atoms with Gasteiger partial charge in [0.05, 0.1) is 0 Å². The first-order valence-corrected chi connectivity index (χ1v) is 7.55. The van der Waals surface area contributed by atoms with Crippen molar-refractivity contribution in [2.45, 2.75) is 59.4 Å². The van der Waals surface area contributed by atoms with Crippen LogP contribution in [-0.4, -0.2) is 4.57 Å². The van der Waals surface area contributed by atoms with Crippen molar-refractivity contribution >= 4 is 11.3 Å². The molecule has 1 heterocycles. The summed E-state index contributed by atoms with van der Waals surface area (Å²) in [5.41, 5.74) is 1.33. The summed E-state index contributed by atoms with van der Waals surface area (Å²) in [5, 5.41) is 0. The molecule has 1 aromatic rings. The molecule has 96 valence electrons. The van der Waals surface area contributed by atoms with Gasteiger partial charge in [0.25, 0.3) is 0 Å². The number of aryl methyl sites for hydroxylation is 1. The van der Waals surface area contributed by atoms with Crippen LogP contribution < -0.4 is 4.87 Å². The third-order valence-electron chi connectivity index (χ3n) is 3.97. The molecule has 1 aliphatic carbocycles. The van der Waals surface area contributed by atoms with Crippen molar-refractivity contribution in [1.29, 1.82) is 0 Å². The molecule has 3 heteroatoms. The molecule has 0 amide bonds. The highest BCUT2D eigenvalue weighted by Crippen LogP contribution is 2.31. The van der Waals surface area contributed by atoms with E-state index in [1.807, 2.05) is 4.57 Å². The molecule has 0 fully saturated rings. The summed E-state index contributed by atoms with van der Waals surface area (Å²) < 4.78 is 2.02. The molecule has 1 unspecified atom stereocenters. The van der Waals surface area contributed by atoms with Crippen LogP contribution in [0, 0.1) is 11.8 Å². The summed E-state index contributed by atoms with van der Waals surface area (Å²) in [6.45, 7) is 8.86. The van der Waals surface area contributed by atoms with E-state index < -0.39 is 0 Å². The Morgan fingerprint density at radius 2 is 1.82 bits per heavy atom. The van der Waals surface area contributed by atoms with E-state index in [2.05, 4.69) is 27.7 Å². The lowest BCUT2D eigenvalue weighted by atomic mass is 9.89. The second-order valence-corrected chi connectivity index (χ2v) is 6.83. The van der Waals surface area contributed by atoms with Gasteiger partial charge in [0.1, 0.15) is 0 Å². The molecule has 0 N–H and O–H groups in total. The van der Waals surface area contributed by atoms with Crippen molar-refractivity contribution in [2.75, 3.05) is 0 Å². The summed E-state index contributed by atoms with van der Waals surface area (Å²) in [4.78, 5) is 13.6. The first-order valence-electron chi connectivity index (χ1n) is 6.73. The predicted octanol–water partition coefficient (Wildman–Crippen LogP) is 3.64. The minimum atomic E-state index is 0.244. The Balaban J connectivity index is 2.30. The van der Waals surface area contributed by atoms with Gasteiger partial charge in [-0.15, -0.1) is 0 Å². The number of aromatic nitrogens is 1. The summed E-state index contributed by atoms with van der Waals surface area (Å²) in [6.07, 6.45) is 4.70. The molecule has 0 spiro atoms. The fourth-order valence-electron chi connectivity index (χ4n) is 2.89. The zero-order valence-electron chi connectivity index (χ0n) is 11.3. The summed E-state index contributed by atoms with van der Waals surface area (Å²) >= 11 is 1.48. The maximum atomic E-state index is 12.0. The van der Waals surface area contributed by atoms with Crippen molar-refractivity contribution in [1.82, 2.24) is 4.57 Å². The summed E-state index contributed by atoms with van der Waals surface area (Å²) in [6, 6.07) is 0.304. The minimum Gasteiger partial charge on any atom is -0.300 e. The standard InChI is InChI=1S/C14H23NOS/c1-9(2)11-5-7-12-13(8-6-11)17-14(16)15(12)10(3)4/h9-11H,5-8H2,1-4H3. The van der Waals surface area contributed by atoms with Gasteiger partial charge in [-0.05, 0) is 51.4 Å². The average Bonchev–Trinajstić information content (AvgIpc) is 2.42. The van der Waals surface area contributed by atoms with Crippen LogP contribution in [0.1, 0.15) is 57.1 Å². The molecule has 0 aromatic carbocycles. The number of thiazole rings is 1. The Morgan fingerprint density at radius 3 is 2.41 bits per heavy atom. The lowest BCUT2D eigenvalue weighted by molar-refractivity contribution is 0.343. The fraction of sp³-hybridized carbons (Fsp3) is 0.786. The van der Waals surface area contributed by atoms with Gasteiger partial charge in [0, 0.05) is 16.6 Å². The monoisotopic (exact) mass is 253 g/mol. The molecule has 1 aliphatic rings. The van der Waals surface area contributed by atoms with E-state index in [1.54, 1.807) is 0 Å². The van der Waals surface area contributed by atoms with Crippen molar-refractivity contribution < 1.29 is 0 Å². The van der Waals surface area contributed by atoms with Crippen LogP contribution in [0.2, 0.25) is 0 Å². The molecule has 17 heavy (non-hydrogen) atoms. The molecule has 2 nitrogen and oxygen atoms in total. The first-order chi connectivity index (χ1) is 8.00. The lowest BCUT2D eigenvalue weighted by Crippen LogP contribution is -2.18. The Kier molecular flexibility index (Phi) is 3.76. The molecule has 2 rings (SSSR count). The number of hydrogen-bond donors (Lipinski definition) is 0. The van der Waals surface area contributed by atoms with Crippen LogP contribution in [0.4, 0.5) is 0 Å². The summed E-state index contributed by atoms with van der Waals surface area (Å²) in [5.74, 6) is 1.59. The maximum absolute atomic E-state index is 12.0. The number of rotatable bonds is 2. The van der Waals surface area contributed by atoms with Crippen molar-refractivity contribution in [3.63, 3.8) is 0 Å². The van der Waals surface area contributed by atoms with Gasteiger partial charge >= 0.3 is 4.87 Å². The third kappa shape index (κ3) is 2.49. The van der Waals surface area contributed by atoms with Crippen LogP contribution >= 0.6 is 11.3 Å². The molecular formula is C14H23NOS. The van der Waals surface area contributed by atoms with Gasteiger partial charge in [-0.1, -0.05) is 25.2 Å². The SMILES string of the molecule is CC(C)C1CCc2sc(=O)n(C(C)C)c2CC1. The highest BCUT2D eigenvalue weighted by Gasteiger charge is 2.24. The molecule has 0 radical (unpaired) electrons. The minimum absolute atomic E-state index is 0.244. The molecule has 0 saturated heterocycles. The van der Waals surface area contributed by atoms with Crippen LogP contribution in [0.5, 0.6) is 0 Å². The van der Waals surface area contributed by atoms with Gasteiger partial charge in [0.15, 0.2) is 0 Å². The zero-order valence-corrected chi connectivity index (χ0v) is 12.1. The van der Waals surface area contributed by atoms with Crippen molar-refractivity contribution in [3.05, 3.63) is 20.2 Å². The maximum Gasteiger partial charge on any atom is 0.307 e. The van der Waals surface area contributed by atoms with E-state index in [9.17, 15) is 4.79 Å². The van der Waals surface area contributed by atoms with Gasteiger partial charge in [-0.3, -0.25) is 4.79 Å². The third-order valence-corrected chi connectivity index (χ3v) is 5.03. The molecule has 0 bridgehead atoms. The van der Waals surface area contributed by atoms with Crippen LogP contribution in [-0.2, 0) is 12.8 Å². The quantitative estimate of drug-likeness (QED) is 0.738. The van der Waals surface area contributed by atoms with Crippen molar-refractivity contribution in [3.8, 4) is 0 Å². The van der Waals surface area contributed by atoms with Gasteiger partial charge in [-0.2, -0.15) is 0 Å². The molecular weight excluding hydrogens is 230 g/mol. The average molecular weight is 253 g/mol. The highest BCUT2D eigenvalue weighted by atomic mass is 32.1. The van der Waals surface area contributed by atoms with E-state index in [1.165, 1.54) is 34.7 Å². The topological polar surface area (TPSA) is 22.0 Å². The second-order valence-electron chi connectivity index (χ2n) is 5.78. The van der Waals surface area contributed by atoms with Crippen LogP contribution in [0.25, 0.3) is 0 Å². The van der Waals surface area contributed by atoms with E-state index in [0.29, 0.717) is 6.04 Å². The van der Waals surface area contributed by atoms with Crippen LogP contribution in [0.3, 0.4) is 0 Å². The number of nitrogens with zero attached hydrogens (tertiary/aromatic N) is 1. The largest absolute Gasteiger partial charge is 0.307 e. The van der Waals surface area contributed by atoms with Gasteiger partial charge < -0.3 is 4.57 Å². The molecule has 1 atom stereocenters. The summed E-state index contributed by atoms with van der Waals surface area (Å²) in [7, 11) is 0. The Hall–Kier alpha value is -0.570. The molecule has 0 aliphatic heterocycles. The predicted molar refractivity (Wildman–Crippen MR) is 73.9 cm³/mol. The van der Waals surface area contributed by atoms with E-state index in [4.69, 9.17) is 0 Å². The van der Waals surface area contributed by atoms with Gasteiger partial charge in [0.2, 0.25) is 0 Å². The zero-order chi connectivity index (χ0) is 12.6. The van der Waals surface area contributed by atoms with E-state index >= 15 is 0 Å². The first kappa shape index (κ1) is 12.9. The number of hydrogen-bond acceptors (Lipinski definition) is 2. The second kappa shape index (κ2) is 4.97. The van der Waals surface area contributed by atoms with Crippen LogP contribution in [0.15, 0.2) is 4.79 Å². The van der Waals surface area contributed by atoms with E-state index in [0.717, 1.165) is 24.7 Å². The number of fused-ring (bicyclic) bond motifs is 1. The Labute approximate surface area is 108 Å². The fourth-order valence-corrected chi connectivity index (χ4v) is 4.05. The highest BCUT2D eigenvalue weighted by molar-refractivity contribution is 7.09. The van der Waals surface area contributed by atoms with Crippen molar-refractivity contribution in [2.24, 2.45) is 11.8 Å².